The van der Waals surface area contributed by atoms with Gasteiger partial charge in [-0.15, -0.1) is 0 Å². The zero-order valence-electron chi connectivity index (χ0n) is 15.6. The largest absolute Gasteiger partial charge is 0.348 e. The highest BCUT2D eigenvalue weighted by molar-refractivity contribution is 7.92. The van der Waals surface area contributed by atoms with Gasteiger partial charge >= 0.3 is 0 Å². The van der Waals surface area contributed by atoms with Gasteiger partial charge in [-0.2, -0.15) is 0 Å². The number of anilines is 1. The average Bonchev–Trinajstić information content (AvgIpc) is 2.68. The molecule has 27 heavy (non-hydrogen) atoms. The molecule has 1 atom stereocenters. The Balaban J connectivity index is 1.72. The van der Waals surface area contributed by atoms with Crippen molar-refractivity contribution in [2.45, 2.75) is 30.7 Å². The molecule has 0 bridgehead atoms. The first kappa shape index (κ1) is 19.4. The summed E-state index contributed by atoms with van der Waals surface area (Å²) in [5.74, 6) is -0.140. The van der Waals surface area contributed by atoms with Crippen LogP contribution in [0.1, 0.15) is 28.8 Å². The van der Waals surface area contributed by atoms with Gasteiger partial charge in [-0.25, -0.2) is 8.42 Å². The van der Waals surface area contributed by atoms with E-state index in [4.69, 9.17) is 0 Å². The van der Waals surface area contributed by atoms with Crippen LogP contribution in [0.3, 0.4) is 0 Å². The maximum absolute atomic E-state index is 12.8. The fourth-order valence-corrected chi connectivity index (χ4v) is 4.27. The van der Waals surface area contributed by atoms with Crippen LogP contribution in [0.5, 0.6) is 0 Å². The van der Waals surface area contributed by atoms with Crippen molar-refractivity contribution in [3.05, 3.63) is 59.7 Å². The summed E-state index contributed by atoms with van der Waals surface area (Å²) in [7, 11) is -2.13. The van der Waals surface area contributed by atoms with E-state index in [9.17, 15) is 13.2 Å². The molecule has 0 saturated carbocycles. The number of carbonyl (C=O) groups excluding carboxylic acids is 1. The highest BCUT2D eigenvalue weighted by Crippen LogP contribution is 2.22. The van der Waals surface area contributed by atoms with Crippen LogP contribution < -0.4 is 14.9 Å². The van der Waals surface area contributed by atoms with E-state index >= 15 is 0 Å². The Hall–Kier alpha value is -2.38. The first-order chi connectivity index (χ1) is 12.9. The molecule has 2 N–H and O–H groups in total. The van der Waals surface area contributed by atoms with E-state index in [0.717, 1.165) is 31.5 Å². The molecule has 2 aromatic rings. The molecule has 0 unspecified atom stereocenters. The highest BCUT2D eigenvalue weighted by atomic mass is 32.2. The normalized spacial score (nSPS) is 17.3. The Morgan fingerprint density at radius 3 is 2.37 bits per heavy atom. The lowest BCUT2D eigenvalue weighted by atomic mass is 10.1. The summed E-state index contributed by atoms with van der Waals surface area (Å²) in [5, 5.41) is 6.28. The van der Waals surface area contributed by atoms with Crippen LogP contribution in [0.25, 0.3) is 0 Å². The molecule has 1 aliphatic rings. The molecule has 1 heterocycles. The Bertz CT molecular complexity index is 887. The number of benzene rings is 2. The number of rotatable bonds is 5. The maximum Gasteiger partial charge on any atom is 0.264 e. The summed E-state index contributed by atoms with van der Waals surface area (Å²) in [6, 6.07) is 13.5. The van der Waals surface area contributed by atoms with Crippen LogP contribution in [0, 0.1) is 6.92 Å². The lowest BCUT2D eigenvalue weighted by Gasteiger charge is -2.24. The number of aryl methyl sites for hydroxylation is 1. The molecule has 0 radical (unpaired) electrons. The standard InChI is InChI=1S/C20H25N3O3S/c1-15-5-11-19(12-6-15)27(25,26)23(2)18-9-7-16(8-10-18)20(24)22-17-4-3-13-21-14-17/h5-12,17,21H,3-4,13-14H2,1-2H3,(H,22,24)/t17-/m0/s1. The van der Waals surface area contributed by atoms with Crippen molar-refractivity contribution in [2.75, 3.05) is 24.4 Å². The van der Waals surface area contributed by atoms with Crippen LogP contribution in [0.2, 0.25) is 0 Å². The molecule has 144 valence electrons. The Morgan fingerprint density at radius 1 is 1.11 bits per heavy atom. The number of sulfonamides is 1. The van der Waals surface area contributed by atoms with Gasteiger partial charge in [0.15, 0.2) is 0 Å². The van der Waals surface area contributed by atoms with Gasteiger partial charge in [0.1, 0.15) is 0 Å². The lowest BCUT2D eigenvalue weighted by molar-refractivity contribution is 0.0930. The minimum absolute atomic E-state index is 0.135. The Morgan fingerprint density at radius 2 is 1.78 bits per heavy atom. The van der Waals surface area contributed by atoms with E-state index in [1.165, 1.54) is 11.4 Å². The second-order valence-electron chi connectivity index (χ2n) is 6.85. The van der Waals surface area contributed by atoms with E-state index in [1.807, 2.05) is 6.92 Å². The smallest absolute Gasteiger partial charge is 0.264 e. The first-order valence-electron chi connectivity index (χ1n) is 9.05. The molecule has 1 saturated heterocycles. The van der Waals surface area contributed by atoms with Gasteiger partial charge in [-0.05, 0) is 62.7 Å². The lowest BCUT2D eigenvalue weighted by Crippen LogP contribution is -2.45. The van der Waals surface area contributed by atoms with Gasteiger partial charge in [0.25, 0.3) is 15.9 Å². The van der Waals surface area contributed by atoms with Crippen LogP contribution in [0.4, 0.5) is 5.69 Å². The van der Waals surface area contributed by atoms with Crippen LogP contribution in [0.15, 0.2) is 53.4 Å². The summed E-state index contributed by atoms with van der Waals surface area (Å²) in [6.45, 7) is 3.68. The van der Waals surface area contributed by atoms with Crippen molar-refractivity contribution >= 4 is 21.6 Å². The van der Waals surface area contributed by atoms with Gasteiger partial charge in [0.2, 0.25) is 0 Å². The van der Waals surface area contributed by atoms with E-state index in [1.54, 1.807) is 48.5 Å². The molecule has 3 rings (SSSR count). The van der Waals surface area contributed by atoms with Crippen molar-refractivity contribution in [2.24, 2.45) is 0 Å². The zero-order valence-corrected chi connectivity index (χ0v) is 16.4. The molecule has 6 nitrogen and oxygen atoms in total. The van der Waals surface area contributed by atoms with E-state index in [0.29, 0.717) is 11.3 Å². The third-order valence-corrected chi connectivity index (χ3v) is 6.60. The van der Waals surface area contributed by atoms with Gasteiger partial charge in [0, 0.05) is 25.2 Å². The highest BCUT2D eigenvalue weighted by Gasteiger charge is 2.22. The second-order valence-corrected chi connectivity index (χ2v) is 8.82. The average molecular weight is 388 g/mol. The third-order valence-electron chi connectivity index (χ3n) is 4.80. The SMILES string of the molecule is Cc1ccc(S(=O)(=O)N(C)c2ccc(C(=O)N[C@H]3CCCNC3)cc2)cc1. The summed E-state index contributed by atoms with van der Waals surface area (Å²) in [6.07, 6.45) is 2.01. The minimum atomic E-state index is -3.64. The fraction of sp³-hybridized carbons (Fsp3) is 0.350. The first-order valence-corrected chi connectivity index (χ1v) is 10.5. The van der Waals surface area contributed by atoms with Gasteiger partial charge in [-0.3, -0.25) is 9.10 Å². The number of amides is 1. The van der Waals surface area contributed by atoms with Gasteiger partial charge in [0.05, 0.1) is 10.6 Å². The van der Waals surface area contributed by atoms with Crippen molar-refractivity contribution in [1.82, 2.24) is 10.6 Å². The Labute approximate surface area is 160 Å². The molecular weight excluding hydrogens is 362 g/mol. The van der Waals surface area contributed by atoms with Crippen molar-refractivity contribution < 1.29 is 13.2 Å². The number of hydrogen-bond donors (Lipinski definition) is 2. The quantitative estimate of drug-likeness (QED) is 0.825. The molecule has 1 amide bonds. The number of hydrogen-bond acceptors (Lipinski definition) is 4. The zero-order chi connectivity index (χ0) is 19.4. The topological polar surface area (TPSA) is 78.5 Å². The predicted molar refractivity (Wildman–Crippen MR) is 107 cm³/mol. The van der Waals surface area contributed by atoms with Crippen LogP contribution in [-0.4, -0.2) is 40.5 Å². The van der Waals surface area contributed by atoms with Gasteiger partial charge in [-0.1, -0.05) is 17.7 Å². The molecule has 7 heteroatoms. The molecule has 1 aliphatic heterocycles. The molecule has 0 spiro atoms. The summed E-state index contributed by atoms with van der Waals surface area (Å²) in [5.41, 5.74) is 2.03. The van der Waals surface area contributed by atoms with Crippen molar-refractivity contribution in [1.29, 1.82) is 0 Å². The summed E-state index contributed by atoms with van der Waals surface area (Å²) < 4.78 is 26.8. The number of carbonyl (C=O) groups is 1. The number of nitrogens with zero attached hydrogens (tertiary/aromatic N) is 1. The summed E-state index contributed by atoms with van der Waals surface area (Å²) >= 11 is 0. The molecule has 1 fully saturated rings. The monoisotopic (exact) mass is 387 g/mol. The van der Waals surface area contributed by atoms with E-state index < -0.39 is 10.0 Å². The minimum Gasteiger partial charge on any atom is -0.348 e. The summed E-state index contributed by atoms with van der Waals surface area (Å²) in [4.78, 5) is 12.6. The second kappa shape index (κ2) is 8.10. The van der Waals surface area contributed by atoms with Crippen LogP contribution >= 0.6 is 0 Å². The third kappa shape index (κ3) is 4.48. The number of nitrogens with one attached hydrogen (secondary N) is 2. The van der Waals surface area contributed by atoms with Gasteiger partial charge < -0.3 is 10.6 Å². The molecule has 0 aliphatic carbocycles. The van der Waals surface area contributed by atoms with Crippen molar-refractivity contribution in [3.8, 4) is 0 Å². The predicted octanol–water partition coefficient (Wildman–Crippen LogP) is 2.30. The Kier molecular flexibility index (Phi) is 5.82. The molecule has 2 aromatic carbocycles. The molecular formula is C20H25N3O3S. The van der Waals surface area contributed by atoms with E-state index in [2.05, 4.69) is 10.6 Å². The van der Waals surface area contributed by atoms with Crippen LogP contribution in [-0.2, 0) is 10.0 Å². The van der Waals surface area contributed by atoms with E-state index in [-0.39, 0.29) is 16.8 Å². The number of piperidine rings is 1. The van der Waals surface area contributed by atoms with Crippen molar-refractivity contribution in [3.63, 3.8) is 0 Å². The molecule has 0 aromatic heterocycles. The maximum atomic E-state index is 12.8. The fourth-order valence-electron chi connectivity index (χ4n) is 3.07.